The highest BCUT2D eigenvalue weighted by Crippen LogP contribution is 2.26. The molecule has 1 aliphatic rings. The van der Waals surface area contributed by atoms with Crippen molar-refractivity contribution in [2.75, 3.05) is 25.9 Å². The van der Waals surface area contributed by atoms with Crippen LogP contribution in [0.4, 0.5) is 5.69 Å². The van der Waals surface area contributed by atoms with Gasteiger partial charge in [-0.2, -0.15) is 0 Å². The van der Waals surface area contributed by atoms with E-state index in [2.05, 4.69) is 11.9 Å². The zero-order valence-electron chi connectivity index (χ0n) is 11.2. The van der Waals surface area contributed by atoms with E-state index in [-0.39, 0.29) is 0 Å². The maximum atomic E-state index is 10.2. The van der Waals surface area contributed by atoms with Gasteiger partial charge in [0.25, 0.3) is 0 Å². The fourth-order valence-electron chi connectivity index (χ4n) is 2.92. The van der Waals surface area contributed by atoms with Gasteiger partial charge in [-0.3, -0.25) is 0 Å². The first-order valence-electron chi connectivity index (χ1n) is 6.88. The predicted octanol–water partition coefficient (Wildman–Crippen LogP) is 2.42. The second-order valence-electron chi connectivity index (χ2n) is 5.52. The van der Waals surface area contributed by atoms with E-state index in [1.54, 1.807) is 0 Å². The minimum Gasteiger partial charge on any atom is -0.398 e. The maximum Gasteiger partial charge on any atom is 0.0936 e. The number of anilines is 1. The molecule has 100 valence electrons. The van der Waals surface area contributed by atoms with E-state index in [1.165, 1.54) is 25.7 Å². The molecule has 1 aromatic rings. The second kappa shape index (κ2) is 6.21. The van der Waals surface area contributed by atoms with Gasteiger partial charge in [0.2, 0.25) is 0 Å². The highest BCUT2D eigenvalue weighted by molar-refractivity contribution is 5.47. The summed E-state index contributed by atoms with van der Waals surface area (Å²) in [5.41, 5.74) is 7.41. The third kappa shape index (κ3) is 3.47. The highest BCUT2D eigenvalue weighted by atomic mass is 16.3. The predicted molar refractivity (Wildman–Crippen MR) is 75.3 cm³/mol. The van der Waals surface area contributed by atoms with Crippen molar-refractivity contribution in [2.24, 2.45) is 5.92 Å². The fraction of sp³-hybridized carbons (Fsp3) is 0.600. The summed E-state index contributed by atoms with van der Waals surface area (Å²) in [7, 11) is 2.08. The normalized spacial score (nSPS) is 18.4. The number of hydrogen-bond acceptors (Lipinski definition) is 3. The van der Waals surface area contributed by atoms with Gasteiger partial charge in [-0.05, 0) is 31.9 Å². The van der Waals surface area contributed by atoms with Gasteiger partial charge in [0.15, 0.2) is 0 Å². The Morgan fingerprint density at radius 1 is 1.33 bits per heavy atom. The summed E-state index contributed by atoms with van der Waals surface area (Å²) in [6.45, 7) is 1.74. The smallest absolute Gasteiger partial charge is 0.0936 e. The van der Waals surface area contributed by atoms with Gasteiger partial charge in [0.1, 0.15) is 0 Å². The molecule has 3 N–H and O–H groups in total. The first-order valence-corrected chi connectivity index (χ1v) is 6.88. The summed E-state index contributed by atoms with van der Waals surface area (Å²) in [4.78, 5) is 2.23. The van der Waals surface area contributed by atoms with Gasteiger partial charge in [-0.15, -0.1) is 0 Å². The Labute approximate surface area is 110 Å². The fourth-order valence-corrected chi connectivity index (χ4v) is 2.92. The number of hydrogen-bond donors (Lipinski definition) is 2. The number of benzene rings is 1. The molecular weight excluding hydrogens is 224 g/mol. The molecule has 0 amide bonds. The zero-order chi connectivity index (χ0) is 13.0. The Morgan fingerprint density at radius 3 is 2.67 bits per heavy atom. The molecule has 0 aliphatic heterocycles. The van der Waals surface area contributed by atoms with Gasteiger partial charge in [-0.25, -0.2) is 0 Å². The molecule has 3 heteroatoms. The zero-order valence-corrected chi connectivity index (χ0v) is 11.2. The summed E-state index contributed by atoms with van der Waals surface area (Å²) >= 11 is 0. The van der Waals surface area contributed by atoms with E-state index < -0.39 is 6.10 Å². The average Bonchev–Trinajstić information content (AvgIpc) is 2.82. The van der Waals surface area contributed by atoms with Crippen molar-refractivity contribution in [3.63, 3.8) is 0 Å². The quantitative estimate of drug-likeness (QED) is 0.787. The van der Waals surface area contributed by atoms with Crippen LogP contribution in [0.2, 0.25) is 0 Å². The molecule has 0 heterocycles. The Kier molecular flexibility index (Phi) is 4.61. The number of aliphatic hydroxyl groups is 1. The topological polar surface area (TPSA) is 49.5 Å². The third-order valence-corrected chi connectivity index (χ3v) is 3.88. The first kappa shape index (κ1) is 13.4. The monoisotopic (exact) mass is 248 g/mol. The number of nitrogens with zero attached hydrogens (tertiary/aromatic N) is 1. The van der Waals surface area contributed by atoms with E-state index in [0.29, 0.717) is 12.2 Å². The van der Waals surface area contributed by atoms with Gasteiger partial charge in [0, 0.05) is 24.3 Å². The minimum absolute atomic E-state index is 0.488. The summed E-state index contributed by atoms with van der Waals surface area (Å²) in [6, 6.07) is 7.57. The lowest BCUT2D eigenvalue weighted by Crippen LogP contribution is -2.29. The van der Waals surface area contributed by atoms with Gasteiger partial charge < -0.3 is 15.7 Å². The van der Waals surface area contributed by atoms with Gasteiger partial charge >= 0.3 is 0 Å². The van der Waals surface area contributed by atoms with Crippen molar-refractivity contribution in [3.8, 4) is 0 Å². The number of likely N-dealkylation sites (N-methyl/N-ethyl adjacent to an activating group) is 1. The number of nitrogens with two attached hydrogens (primary N) is 1. The van der Waals surface area contributed by atoms with Crippen molar-refractivity contribution in [2.45, 2.75) is 31.8 Å². The first-order chi connectivity index (χ1) is 8.66. The largest absolute Gasteiger partial charge is 0.398 e. The van der Waals surface area contributed by atoms with Crippen LogP contribution in [0.3, 0.4) is 0 Å². The van der Waals surface area contributed by atoms with Crippen LogP contribution in [-0.2, 0) is 0 Å². The van der Waals surface area contributed by atoms with Crippen molar-refractivity contribution < 1.29 is 5.11 Å². The third-order valence-electron chi connectivity index (χ3n) is 3.88. The molecular formula is C15H24N2O. The summed E-state index contributed by atoms with van der Waals surface area (Å²) < 4.78 is 0. The molecule has 1 fully saturated rings. The van der Waals surface area contributed by atoms with E-state index >= 15 is 0 Å². The molecule has 1 saturated carbocycles. The number of nitrogen functional groups attached to an aromatic ring is 1. The van der Waals surface area contributed by atoms with Gasteiger partial charge in [-0.1, -0.05) is 31.0 Å². The summed E-state index contributed by atoms with van der Waals surface area (Å²) in [5.74, 6) is 0.815. The standard InChI is InChI=1S/C15H24N2O/c1-17(10-12-6-2-3-7-12)11-15(18)13-8-4-5-9-14(13)16/h4-5,8-9,12,15,18H,2-3,6-7,10-11,16H2,1H3. The molecule has 0 saturated heterocycles. The van der Waals surface area contributed by atoms with Crippen LogP contribution in [0.15, 0.2) is 24.3 Å². The average molecular weight is 248 g/mol. The summed E-state index contributed by atoms with van der Waals surface area (Å²) in [5, 5.41) is 10.2. The Bertz CT molecular complexity index is 375. The molecule has 1 aromatic carbocycles. The Balaban J connectivity index is 1.86. The maximum absolute atomic E-state index is 10.2. The molecule has 2 rings (SSSR count). The molecule has 0 aromatic heterocycles. The van der Waals surface area contributed by atoms with Crippen LogP contribution in [0.25, 0.3) is 0 Å². The van der Waals surface area contributed by atoms with Crippen LogP contribution >= 0.6 is 0 Å². The van der Waals surface area contributed by atoms with Gasteiger partial charge in [0.05, 0.1) is 6.10 Å². The minimum atomic E-state index is -0.488. The van der Waals surface area contributed by atoms with Crippen LogP contribution < -0.4 is 5.73 Å². The lowest BCUT2D eigenvalue weighted by Gasteiger charge is -2.24. The summed E-state index contributed by atoms with van der Waals surface area (Å²) in [6.07, 6.45) is 4.93. The van der Waals surface area contributed by atoms with Crippen molar-refractivity contribution in [1.82, 2.24) is 4.90 Å². The van der Waals surface area contributed by atoms with E-state index in [9.17, 15) is 5.11 Å². The van der Waals surface area contributed by atoms with Crippen molar-refractivity contribution >= 4 is 5.69 Å². The van der Waals surface area contributed by atoms with Crippen LogP contribution in [-0.4, -0.2) is 30.1 Å². The number of rotatable bonds is 5. The molecule has 1 aliphatic carbocycles. The van der Waals surface area contributed by atoms with E-state index in [4.69, 9.17) is 5.73 Å². The second-order valence-corrected chi connectivity index (χ2v) is 5.52. The van der Waals surface area contributed by atoms with E-state index in [0.717, 1.165) is 18.0 Å². The molecule has 0 radical (unpaired) electrons. The molecule has 0 bridgehead atoms. The number of para-hydroxylation sites is 1. The van der Waals surface area contributed by atoms with Crippen LogP contribution in [0.1, 0.15) is 37.4 Å². The lowest BCUT2D eigenvalue weighted by atomic mass is 10.1. The molecule has 18 heavy (non-hydrogen) atoms. The van der Waals surface area contributed by atoms with Crippen molar-refractivity contribution in [1.29, 1.82) is 0 Å². The molecule has 0 spiro atoms. The number of aliphatic hydroxyl groups excluding tert-OH is 1. The molecule has 3 nitrogen and oxygen atoms in total. The lowest BCUT2D eigenvalue weighted by molar-refractivity contribution is 0.119. The SMILES string of the molecule is CN(CC1CCCC1)CC(O)c1ccccc1N. The van der Waals surface area contributed by atoms with Crippen molar-refractivity contribution in [3.05, 3.63) is 29.8 Å². The molecule has 1 unspecified atom stereocenters. The highest BCUT2D eigenvalue weighted by Gasteiger charge is 2.19. The van der Waals surface area contributed by atoms with Crippen LogP contribution in [0.5, 0.6) is 0 Å². The Morgan fingerprint density at radius 2 is 2.00 bits per heavy atom. The molecule has 1 atom stereocenters. The Hall–Kier alpha value is -1.06. The van der Waals surface area contributed by atoms with E-state index in [1.807, 2.05) is 24.3 Å². The van der Waals surface area contributed by atoms with Crippen LogP contribution in [0, 0.1) is 5.92 Å².